The average Bonchev–Trinajstić information content (AvgIpc) is 1.21. The zero-order chi connectivity index (χ0) is 6.78. The molecule has 3 heteroatoms. The van der Waals surface area contributed by atoms with E-state index < -0.39 is 7.14 Å². The molecule has 0 atom stereocenters. The summed E-state index contributed by atoms with van der Waals surface area (Å²) in [4.78, 5) is 0. The van der Waals surface area contributed by atoms with E-state index in [4.69, 9.17) is 0 Å². The van der Waals surface area contributed by atoms with Gasteiger partial charge >= 0.3 is 0 Å². The van der Waals surface area contributed by atoms with Crippen molar-refractivity contribution in [2.24, 2.45) is 0 Å². The quantitative estimate of drug-likeness (QED) is 0.433. The molecule has 0 unspecified atom stereocenters. The van der Waals surface area contributed by atoms with Gasteiger partial charge in [-0.1, -0.05) is 0 Å². The van der Waals surface area contributed by atoms with Crippen molar-refractivity contribution in [2.75, 3.05) is 31.3 Å². The molecule has 50 valence electrons. The molecule has 8 heavy (non-hydrogen) atoms. The number of hydrogen-bond donors (Lipinski definition) is 0. The minimum absolute atomic E-state index is 0.352. The Kier molecular flexibility index (Phi) is 3.14. The summed E-state index contributed by atoms with van der Waals surface area (Å²) in [6.07, 6.45) is 4.25. The van der Waals surface area contributed by atoms with Crippen molar-refractivity contribution >= 4 is 18.0 Å². The van der Waals surface area contributed by atoms with E-state index in [-0.39, 0.29) is 0 Å². The van der Waals surface area contributed by atoms with E-state index in [0.29, 0.717) is 10.9 Å². The molecule has 0 fully saturated rings. The summed E-state index contributed by atoms with van der Waals surface area (Å²) in [5, 5.41) is 0. The fourth-order valence-corrected chi connectivity index (χ4v) is 5.60. The Hall–Kier alpha value is 0.580. The molecule has 0 aromatic carbocycles. The van der Waals surface area contributed by atoms with Crippen LogP contribution < -0.4 is 0 Å². The first-order chi connectivity index (χ1) is 3.42. The van der Waals surface area contributed by atoms with Crippen molar-refractivity contribution in [1.29, 1.82) is 0 Å². The Bertz CT molecular complexity index is 105. The van der Waals surface area contributed by atoms with E-state index in [0.717, 1.165) is 5.49 Å². The topological polar surface area (TPSA) is 17.1 Å². The van der Waals surface area contributed by atoms with E-state index in [1.807, 2.05) is 13.3 Å². The Morgan fingerprint density at radius 3 is 1.75 bits per heavy atom. The molecule has 0 aromatic heterocycles. The van der Waals surface area contributed by atoms with Crippen LogP contribution in [0.2, 0.25) is 0 Å². The molecule has 0 aliphatic heterocycles. The summed E-state index contributed by atoms with van der Waals surface area (Å²) in [5.74, 6) is 0. The summed E-state index contributed by atoms with van der Waals surface area (Å²) < 4.78 is 11.0. The van der Waals surface area contributed by atoms with Crippen LogP contribution in [0.1, 0.15) is 0 Å². The first-order valence-corrected chi connectivity index (χ1v) is 7.50. The Morgan fingerprint density at radius 1 is 1.38 bits per heavy atom. The van der Waals surface area contributed by atoms with Crippen LogP contribution in [0.3, 0.4) is 0 Å². The third-order valence-electron chi connectivity index (χ3n) is 0.569. The number of hydrogen-bond acceptors (Lipinski definition) is 1. The SMILES string of the molecule is C[S+](C)CP(C)(C)=O. The molecule has 0 amide bonds. The average molecular weight is 153 g/mol. The second-order valence-electron chi connectivity index (χ2n) is 2.69. The van der Waals surface area contributed by atoms with Crippen LogP contribution >= 0.6 is 7.14 Å². The van der Waals surface area contributed by atoms with Gasteiger partial charge in [0.1, 0.15) is 7.14 Å². The monoisotopic (exact) mass is 153 g/mol. The van der Waals surface area contributed by atoms with Crippen LogP contribution in [0.5, 0.6) is 0 Å². The van der Waals surface area contributed by atoms with Crippen LogP contribution in [0.4, 0.5) is 0 Å². The van der Waals surface area contributed by atoms with Gasteiger partial charge in [0.15, 0.2) is 5.49 Å². The van der Waals surface area contributed by atoms with Gasteiger partial charge in [-0.2, -0.15) is 0 Å². The van der Waals surface area contributed by atoms with Gasteiger partial charge in [0.25, 0.3) is 0 Å². The molecule has 0 aliphatic carbocycles. The third kappa shape index (κ3) is 6.58. The highest BCUT2D eigenvalue weighted by atomic mass is 32.2. The highest BCUT2D eigenvalue weighted by Gasteiger charge is 2.15. The summed E-state index contributed by atoms with van der Waals surface area (Å²) in [6, 6.07) is 0. The van der Waals surface area contributed by atoms with Gasteiger partial charge < -0.3 is 4.57 Å². The second kappa shape index (κ2) is 2.93. The van der Waals surface area contributed by atoms with Crippen LogP contribution in [-0.4, -0.2) is 31.3 Å². The standard InChI is InChI=1S/C5H14OPS/c1-7(2,6)5-8(3)4/h5H2,1-4H3/q+1. The van der Waals surface area contributed by atoms with Crippen LogP contribution in [0.25, 0.3) is 0 Å². The highest BCUT2D eigenvalue weighted by Crippen LogP contribution is 2.36. The van der Waals surface area contributed by atoms with E-state index in [1.165, 1.54) is 0 Å². The normalized spacial score (nSPS) is 12.6. The highest BCUT2D eigenvalue weighted by molar-refractivity contribution is 8.02. The summed E-state index contributed by atoms with van der Waals surface area (Å²) in [5.41, 5.74) is 0.910. The van der Waals surface area contributed by atoms with E-state index in [9.17, 15) is 4.57 Å². The molecule has 0 rings (SSSR count). The maximum absolute atomic E-state index is 11.0. The first-order valence-electron chi connectivity index (χ1n) is 2.50. The van der Waals surface area contributed by atoms with E-state index >= 15 is 0 Å². The molecule has 0 aromatic rings. The van der Waals surface area contributed by atoms with Crippen molar-refractivity contribution in [3.8, 4) is 0 Å². The lowest BCUT2D eigenvalue weighted by Crippen LogP contribution is -2.00. The molecule has 0 aliphatic rings. The van der Waals surface area contributed by atoms with Gasteiger partial charge in [-0.15, -0.1) is 0 Å². The lowest BCUT2D eigenvalue weighted by atomic mass is 11.8. The van der Waals surface area contributed by atoms with Crippen molar-refractivity contribution in [2.45, 2.75) is 0 Å². The summed E-state index contributed by atoms with van der Waals surface area (Å²) in [7, 11) is -1.36. The molecule has 0 N–H and O–H groups in total. The molecule has 0 saturated carbocycles. The van der Waals surface area contributed by atoms with Crippen LogP contribution in [0, 0.1) is 0 Å². The van der Waals surface area contributed by atoms with Gasteiger partial charge in [0.2, 0.25) is 0 Å². The fourth-order valence-electron chi connectivity index (χ4n) is 0.622. The predicted octanol–water partition coefficient (Wildman–Crippen LogP) is 1.44. The maximum Gasteiger partial charge on any atom is 0.158 e. The van der Waals surface area contributed by atoms with Crippen molar-refractivity contribution in [3.05, 3.63) is 0 Å². The molecule has 1 nitrogen and oxygen atoms in total. The van der Waals surface area contributed by atoms with Crippen LogP contribution in [-0.2, 0) is 15.5 Å². The lowest BCUT2D eigenvalue weighted by molar-refractivity contribution is 0.585. The molecular formula is C5H14OPS+. The first kappa shape index (κ1) is 8.58. The Labute approximate surface area is 54.6 Å². The molecule has 0 bridgehead atoms. The zero-order valence-corrected chi connectivity index (χ0v) is 7.68. The Morgan fingerprint density at radius 2 is 1.75 bits per heavy atom. The summed E-state index contributed by atoms with van der Waals surface area (Å²) in [6.45, 7) is 3.69. The minimum Gasteiger partial charge on any atom is -0.319 e. The molecule has 0 spiro atoms. The van der Waals surface area contributed by atoms with Gasteiger partial charge in [-0.3, -0.25) is 0 Å². The lowest BCUT2D eigenvalue weighted by Gasteiger charge is -2.00. The zero-order valence-electron chi connectivity index (χ0n) is 5.97. The molecule has 0 saturated heterocycles. The van der Waals surface area contributed by atoms with Gasteiger partial charge in [0.05, 0.1) is 12.5 Å². The van der Waals surface area contributed by atoms with Gasteiger partial charge in [-0.05, 0) is 24.2 Å². The van der Waals surface area contributed by atoms with Crippen LogP contribution in [0.15, 0.2) is 0 Å². The molecular weight excluding hydrogens is 139 g/mol. The van der Waals surface area contributed by atoms with Gasteiger partial charge in [0, 0.05) is 0 Å². The predicted molar refractivity (Wildman–Crippen MR) is 43.5 cm³/mol. The molecule has 0 radical (unpaired) electrons. The van der Waals surface area contributed by atoms with Gasteiger partial charge in [-0.25, -0.2) is 0 Å². The van der Waals surface area contributed by atoms with E-state index in [1.54, 1.807) is 0 Å². The smallest absolute Gasteiger partial charge is 0.158 e. The maximum atomic E-state index is 11.0. The minimum atomic E-state index is -1.71. The third-order valence-corrected chi connectivity index (χ3v) is 5.12. The van der Waals surface area contributed by atoms with Crippen molar-refractivity contribution < 1.29 is 4.57 Å². The van der Waals surface area contributed by atoms with Crippen molar-refractivity contribution in [3.63, 3.8) is 0 Å². The van der Waals surface area contributed by atoms with Crippen molar-refractivity contribution in [1.82, 2.24) is 0 Å². The Balaban J connectivity index is 3.56. The number of rotatable bonds is 2. The second-order valence-corrected chi connectivity index (χ2v) is 8.84. The summed E-state index contributed by atoms with van der Waals surface area (Å²) >= 11 is 0. The molecule has 0 heterocycles. The van der Waals surface area contributed by atoms with E-state index in [2.05, 4.69) is 12.5 Å². The largest absolute Gasteiger partial charge is 0.319 e. The fraction of sp³-hybridized carbons (Fsp3) is 1.00.